The van der Waals surface area contributed by atoms with Gasteiger partial charge in [-0.05, 0) is 35.7 Å². The lowest BCUT2D eigenvalue weighted by atomic mass is 9.96. The number of hydrogen-bond donors (Lipinski definition) is 5. The zero-order valence-electron chi connectivity index (χ0n) is 21.9. The van der Waals surface area contributed by atoms with E-state index in [1.807, 2.05) is 0 Å². The first kappa shape index (κ1) is 33.7. The van der Waals surface area contributed by atoms with E-state index in [2.05, 4.69) is 10.7 Å². The number of rotatable bonds is 14. The van der Waals surface area contributed by atoms with E-state index in [0.717, 1.165) is 42.5 Å². The van der Waals surface area contributed by atoms with Crippen molar-refractivity contribution in [1.29, 1.82) is 0 Å². The molecule has 0 saturated heterocycles. The number of nitrogens with two attached hydrogens (primary N) is 3. The van der Waals surface area contributed by atoms with Crippen LogP contribution in [-0.2, 0) is 39.6 Å². The van der Waals surface area contributed by atoms with Crippen molar-refractivity contribution in [3.8, 4) is 0 Å². The van der Waals surface area contributed by atoms with Gasteiger partial charge in [0.25, 0.3) is 0 Å². The highest BCUT2D eigenvalue weighted by atomic mass is 19.4. The quantitative estimate of drug-likeness (QED) is 0.165. The van der Waals surface area contributed by atoms with Crippen LogP contribution in [0.15, 0.2) is 48.5 Å². The van der Waals surface area contributed by atoms with Gasteiger partial charge in [0.1, 0.15) is 0 Å². The second-order valence-electron chi connectivity index (χ2n) is 9.21. The molecule has 0 heterocycles. The number of nitrogens with zero attached hydrogens (tertiary/aromatic N) is 1. The largest absolute Gasteiger partial charge is 0.416 e. The molecule has 0 bridgehead atoms. The van der Waals surface area contributed by atoms with Crippen LogP contribution in [0.5, 0.6) is 0 Å². The van der Waals surface area contributed by atoms with E-state index < -0.39 is 66.0 Å². The Labute approximate surface area is 232 Å². The van der Waals surface area contributed by atoms with Crippen LogP contribution >= 0.6 is 0 Å². The van der Waals surface area contributed by atoms with Crippen molar-refractivity contribution in [2.75, 3.05) is 26.2 Å². The summed E-state index contributed by atoms with van der Waals surface area (Å²) in [5, 5.41) is 3.84. The third kappa shape index (κ3) is 11.1. The SMILES string of the molecule is NCCN(CCN)NC(=O)C[C@H](N)C(=O)N[C@@H](Cc1ccc(C(F)(F)F)cc1)C(=O)Cc1cccc(C(F)(F)F)c1. The first-order valence-electron chi connectivity index (χ1n) is 12.5. The standard InChI is InChI=1S/C26H32F6N6O3/c27-25(28,29)18-6-4-16(5-7-18)13-21(22(39)14-17-2-1-3-19(12-17)26(30,31)32)36-24(41)20(35)15-23(40)37-38(10-8-33)11-9-34/h1-7,12,20-21H,8-11,13-15,33-35H2,(H,36,41)(H,37,40)/t20-,21-/m0/s1. The van der Waals surface area contributed by atoms with Crippen molar-refractivity contribution in [2.45, 2.75) is 43.7 Å². The molecule has 0 unspecified atom stereocenters. The fourth-order valence-corrected chi connectivity index (χ4v) is 3.82. The second kappa shape index (κ2) is 14.9. The molecule has 9 nitrogen and oxygen atoms in total. The van der Waals surface area contributed by atoms with Gasteiger partial charge in [0, 0.05) is 32.6 Å². The highest BCUT2D eigenvalue weighted by Crippen LogP contribution is 2.30. The van der Waals surface area contributed by atoms with Crippen molar-refractivity contribution in [3.05, 3.63) is 70.8 Å². The van der Waals surface area contributed by atoms with Gasteiger partial charge >= 0.3 is 12.4 Å². The molecule has 2 rings (SSSR count). The molecule has 2 aromatic rings. The monoisotopic (exact) mass is 590 g/mol. The Morgan fingerprint density at radius 3 is 1.95 bits per heavy atom. The normalized spacial score (nSPS) is 13.5. The van der Waals surface area contributed by atoms with Crippen LogP contribution in [-0.4, -0.2) is 60.9 Å². The summed E-state index contributed by atoms with van der Waals surface area (Å²) in [6.07, 6.45) is -10.5. The molecule has 0 aliphatic heterocycles. The van der Waals surface area contributed by atoms with Crippen molar-refractivity contribution >= 4 is 17.6 Å². The van der Waals surface area contributed by atoms with Crippen molar-refractivity contribution < 1.29 is 40.7 Å². The highest BCUT2D eigenvalue weighted by molar-refractivity contribution is 5.93. The summed E-state index contributed by atoms with van der Waals surface area (Å²) in [6, 6.07) is 5.11. The minimum Gasteiger partial charge on any atom is -0.345 e. The van der Waals surface area contributed by atoms with Gasteiger partial charge in [-0.15, -0.1) is 0 Å². The van der Waals surface area contributed by atoms with Gasteiger partial charge in [-0.25, -0.2) is 5.01 Å². The molecule has 15 heteroatoms. The summed E-state index contributed by atoms with van der Waals surface area (Å²) in [4.78, 5) is 38.3. The van der Waals surface area contributed by atoms with E-state index in [1.54, 1.807) is 0 Å². The summed E-state index contributed by atoms with van der Waals surface area (Å²) in [5.41, 5.74) is 17.7. The maximum absolute atomic E-state index is 13.1. The smallest absolute Gasteiger partial charge is 0.345 e. The molecule has 0 fully saturated rings. The molecule has 0 aliphatic rings. The van der Waals surface area contributed by atoms with Crippen LogP contribution in [0.4, 0.5) is 26.3 Å². The van der Waals surface area contributed by atoms with Crippen molar-refractivity contribution in [2.24, 2.45) is 17.2 Å². The van der Waals surface area contributed by atoms with Crippen LogP contribution in [0.1, 0.15) is 28.7 Å². The molecular formula is C26H32F6N6O3. The van der Waals surface area contributed by atoms with Crippen LogP contribution in [0.3, 0.4) is 0 Å². The molecule has 0 radical (unpaired) electrons. The highest BCUT2D eigenvalue weighted by Gasteiger charge is 2.32. The number of halogens is 6. The van der Waals surface area contributed by atoms with Crippen LogP contribution < -0.4 is 27.9 Å². The van der Waals surface area contributed by atoms with Gasteiger partial charge in [0.2, 0.25) is 11.8 Å². The number of hydrogen-bond acceptors (Lipinski definition) is 7. The molecule has 2 amide bonds. The van der Waals surface area contributed by atoms with E-state index in [-0.39, 0.29) is 43.7 Å². The van der Waals surface area contributed by atoms with Gasteiger partial charge in [-0.2, -0.15) is 26.3 Å². The van der Waals surface area contributed by atoms with Crippen LogP contribution in [0, 0.1) is 0 Å². The Hall–Kier alpha value is -3.53. The molecular weight excluding hydrogens is 558 g/mol. The number of hydrazine groups is 1. The summed E-state index contributed by atoms with van der Waals surface area (Å²) < 4.78 is 78.2. The van der Waals surface area contributed by atoms with E-state index in [1.165, 1.54) is 11.1 Å². The zero-order chi connectivity index (χ0) is 30.8. The van der Waals surface area contributed by atoms with E-state index in [9.17, 15) is 40.7 Å². The average Bonchev–Trinajstić information content (AvgIpc) is 2.88. The number of carbonyl (C=O) groups is 3. The lowest BCUT2D eigenvalue weighted by Crippen LogP contribution is -2.53. The summed E-state index contributed by atoms with van der Waals surface area (Å²) in [6.45, 7) is 0.992. The maximum atomic E-state index is 13.1. The first-order chi connectivity index (χ1) is 19.1. The van der Waals surface area contributed by atoms with Gasteiger partial charge in [-0.3, -0.25) is 19.8 Å². The Morgan fingerprint density at radius 2 is 1.41 bits per heavy atom. The Balaban J connectivity index is 2.20. The van der Waals surface area contributed by atoms with E-state index >= 15 is 0 Å². The lowest BCUT2D eigenvalue weighted by molar-refractivity contribution is -0.138. The Bertz CT molecular complexity index is 1170. The minimum atomic E-state index is -4.65. The maximum Gasteiger partial charge on any atom is 0.416 e. The third-order valence-electron chi connectivity index (χ3n) is 5.88. The number of amides is 2. The molecule has 2 aromatic carbocycles. The number of nitrogens with one attached hydrogen (secondary N) is 2. The number of benzene rings is 2. The summed E-state index contributed by atoms with van der Waals surface area (Å²) >= 11 is 0. The summed E-state index contributed by atoms with van der Waals surface area (Å²) in [5.74, 6) is -2.27. The molecule has 0 saturated carbocycles. The van der Waals surface area contributed by atoms with Gasteiger partial charge in [0.05, 0.1) is 29.6 Å². The fraction of sp³-hybridized carbons (Fsp3) is 0.423. The van der Waals surface area contributed by atoms with Gasteiger partial charge in [0.15, 0.2) is 5.78 Å². The van der Waals surface area contributed by atoms with Crippen LogP contribution in [0.25, 0.3) is 0 Å². The lowest BCUT2D eigenvalue weighted by Gasteiger charge is -2.23. The Morgan fingerprint density at radius 1 is 0.829 bits per heavy atom. The van der Waals surface area contributed by atoms with Crippen molar-refractivity contribution in [1.82, 2.24) is 15.8 Å². The predicted molar refractivity (Wildman–Crippen MR) is 138 cm³/mol. The second-order valence-corrected chi connectivity index (χ2v) is 9.21. The van der Waals surface area contributed by atoms with E-state index in [0.29, 0.717) is 0 Å². The third-order valence-corrected chi connectivity index (χ3v) is 5.88. The molecule has 0 aromatic heterocycles. The van der Waals surface area contributed by atoms with Gasteiger partial charge < -0.3 is 22.5 Å². The molecule has 41 heavy (non-hydrogen) atoms. The Kier molecular flexibility index (Phi) is 12.2. The molecule has 0 aliphatic carbocycles. The number of carbonyl (C=O) groups excluding carboxylic acids is 3. The zero-order valence-corrected chi connectivity index (χ0v) is 21.9. The average molecular weight is 591 g/mol. The molecule has 226 valence electrons. The summed E-state index contributed by atoms with van der Waals surface area (Å²) in [7, 11) is 0. The molecule has 2 atom stereocenters. The number of ketones is 1. The van der Waals surface area contributed by atoms with Crippen LogP contribution in [0.2, 0.25) is 0 Å². The topological polar surface area (TPSA) is 157 Å². The van der Waals surface area contributed by atoms with Gasteiger partial charge in [-0.1, -0.05) is 30.3 Å². The minimum absolute atomic E-state index is 0.0140. The molecule has 8 N–H and O–H groups in total. The van der Waals surface area contributed by atoms with E-state index in [4.69, 9.17) is 17.2 Å². The first-order valence-corrected chi connectivity index (χ1v) is 12.5. The predicted octanol–water partition coefficient (Wildman–Crippen LogP) is 1.53. The number of Topliss-reactive ketones (excluding diaryl/α,β-unsaturated/α-hetero) is 1. The fourth-order valence-electron chi connectivity index (χ4n) is 3.82. The van der Waals surface area contributed by atoms with Crippen molar-refractivity contribution in [3.63, 3.8) is 0 Å². The number of alkyl halides is 6. The molecule has 0 spiro atoms.